The SMILES string of the molecule is CCC(=O)N[C@H](C(=O)N1C[C@H](O)C[C@H]1C(=O)NCc1ccc(-c2sccc2C)cc1)C(C)(C)C. The second-order valence-electron chi connectivity index (χ2n) is 9.96. The standard InChI is InChI=1S/C26H35N3O4S/c1-6-21(31)28-23(26(3,4)5)25(33)29-15-19(30)13-20(29)24(32)27-14-17-7-9-18(10-8-17)22-16(2)11-12-34-22/h7-12,19-20,23,30H,6,13-15H2,1-5H3,(H,27,32)(H,28,31)/t19-,20+,23-/m1/s1. The number of rotatable bonds is 7. The molecule has 0 aliphatic carbocycles. The first-order valence-electron chi connectivity index (χ1n) is 11.7. The summed E-state index contributed by atoms with van der Waals surface area (Å²) in [5, 5.41) is 18.0. The molecule has 0 bridgehead atoms. The third-order valence-electron chi connectivity index (χ3n) is 6.15. The lowest BCUT2D eigenvalue weighted by molar-refractivity contribution is -0.144. The van der Waals surface area contributed by atoms with Gasteiger partial charge in [-0.05, 0) is 40.5 Å². The Labute approximate surface area is 205 Å². The lowest BCUT2D eigenvalue weighted by Crippen LogP contribution is -2.57. The number of nitrogens with zero attached hydrogens (tertiary/aromatic N) is 1. The lowest BCUT2D eigenvalue weighted by atomic mass is 9.85. The highest BCUT2D eigenvalue weighted by Gasteiger charge is 2.44. The van der Waals surface area contributed by atoms with Crippen LogP contribution in [-0.2, 0) is 20.9 Å². The number of β-amino-alcohol motifs (C(OH)–C–C–N with tert-alkyl or cyclic N) is 1. The Bertz CT molecular complexity index is 1030. The van der Waals surface area contributed by atoms with Gasteiger partial charge >= 0.3 is 0 Å². The summed E-state index contributed by atoms with van der Waals surface area (Å²) in [7, 11) is 0. The summed E-state index contributed by atoms with van der Waals surface area (Å²) in [6.45, 7) is 9.81. The summed E-state index contributed by atoms with van der Waals surface area (Å²) in [6, 6.07) is 8.58. The van der Waals surface area contributed by atoms with Crippen molar-refractivity contribution in [2.24, 2.45) is 5.41 Å². The van der Waals surface area contributed by atoms with E-state index in [4.69, 9.17) is 0 Å². The molecule has 7 nitrogen and oxygen atoms in total. The summed E-state index contributed by atoms with van der Waals surface area (Å²) < 4.78 is 0. The molecule has 3 rings (SSSR count). The Morgan fingerprint density at radius 1 is 1.18 bits per heavy atom. The molecule has 3 atom stereocenters. The first-order valence-corrected chi connectivity index (χ1v) is 12.6. The highest BCUT2D eigenvalue weighted by atomic mass is 32.1. The molecule has 8 heteroatoms. The van der Waals surface area contributed by atoms with Crippen molar-refractivity contribution in [2.75, 3.05) is 6.54 Å². The average Bonchev–Trinajstić information content (AvgIpc) is 3.40. The van der Waals surface area contributed by atoms with E-state index in [1.165, 1.54) is 15.3 Å². The number of amides is 3. The molecular formula is C26H35N3O4S. The summed E-state index contributed by atoms with van der Waals surface area (Å²) >= 11 is 1.70. The van der Waals surface area contributed by atoms with Crippen LogP contribution in [0, 0.1) is 12.3 Å². The van der Waals surface area contributed by atoms with Gasteiger partial charge in [-0.3, -0.25) is 14.4 Å². The molecule has 0 spiro atoms. The van der Waals surface area contributed by atoms with Gasteiger partial charge in [0.15, 0.2) is 0 Å². The molecule has 1 aromatic heterocycles. The third-order valence-corrected chi connectivity index (χ3v) is 7.21. The number of carbonyl (C=O) groups is 3. The van der Waals surface area contributed by atoms with Crippen molar-refractivity contribution in [1.29, 1.82) is 0 Å². The van der Waals surface area contributed by atoms with Crippen LogP contribution in [0.4, 0.5) is 0 Å². The van der Waals surface area contributed by atoms with Gasteiger partial charge in [0.25, 0.3) is 0 Å². The van der Waals surface area contributed by atoms with Gasteiger partial charge in [-0.1, -0.05) is 52.0 Å². The number of thiophene rings is 1. The van der Waals surface area contributed by atoms with E-state index < -0.39 is 23.6 Å². The molecule has 34 heavy (non-hydrogen) atoms. The molecule has 1 aliphatic rings. The number of hydrogen-bond donors (Lipinski definition) is 3. The van der Waals surface area contributed by atoms with Crippen molar-refractivity contribution in [1.82, 2.24) is 15.5 Å². The van der Waals surface area contributed by atoms with Gasteiger partial charge in [0.2, 0.25) is 17.7 Å². The maximum Gasteiger partial charge on any atom is 0.246 e. The fraction of sp³-hybridized carbons (Fsp3) is 0.500. The molecule has 184 valence electrons. The van der Waals surface area contributed by atoms with Crippen LogP contribution in [0.3, 0.4) is 0 Å². The van der Waals surface area contributed by atoms with Crippen molar-refractivity contribution in [3.63, 3.8) is 0 Å². The Morgan fingerprint density at radius 2 is 1.85 bits per heavy atom. The minimum Gasteiger partial charge on any atom is -0.391 e. The average molecular weight is 486 g/mol. The van der Waals surface area contributed by atoms with E-state index in [1.54, 1.807) is 18.3 Å². The van der Waals surface area contributed by atoms with Crippen LogP contribution in [0.15, 0.2) is 35.7 Å². The predicted molar refractivity (Wildman–Crippen MR) is 134 cm³/mol. The molecule has 1 fully saturated rings. The maximum absolute atomic E-state index is 13.4. The van der Waals surface area contributed by atoms with Crippen LogP contribution in [0.2, 0.25) is 0 Å². The summed E-state index contributed by atoms with van der Waals surface area (Å²) in [4.78, 5) is 41.1. The molecule has 1 aliphatic heterocycles. The van der Waals surface area contributed by atoms with Crippen LogP contribution in [0.25, 0.3) is 10.4 Å². The highest BCUT2D eigenvalue weighted by Crippen LogP contribution is 2.29. The number of hydrogen-bond acceptors (Lipinski definition) is 5. The number of nitrogens with one attached hydrogen (secondary N) is 2. The smallest absolute Gasteiger partial charge is 0.246 e. The van der Waals surface area contributed by atoms with Crippen molar-refractivity contribution in [3.8, 4) is 10.4 Å². The second-order valence-corrected chi connectivity index (χ2v) is 10.9. The van der Waals surface area contributed by atoms with Gasteiger partial charge in [-0.2, -0.15) is 0 Å². The van der Waals surface area contributed by atoms with E-state index in [1.807, 2.05) is 45.0 Å². The lowest BCUT2D eigenvalue weighted by Gasteiger charge is -2.35. The number of aliphatic hydroxyl groups excluding tert-OH is 1. The Kier molecular flexibility index (Phi) is 8.15. The molecule has 2 aromatic rings. The summed E-state index contributed by atoms with van der Waals surface area (Å²) in [6.07, 6.45) is -0.347. The van der Waals surface area contributed by atoms with Gasteiger partial charge in [-0.15, -0.1) is 11.3 Å². The van der Waals surface area contributed by atoms with Gasteiger partial charge in [0, 0.05) is 30.8 Å². The second kappa shape index (κ2) is 10.7. The van der Waals surface area contributed by atoms with E-state index in [0.29, 0.717) is 6.54 Å². The number of aliphatic hydroxyl groups is 1. The molecule has 1 aromatic carbocycles. The normalized spacial score (nSPS) is 19.1. The van der Waals surface area contributed by atoms with Crippen LogP contribution in [-0.4, -0.2) is 52.5 Å². The van der Waals surface area contributed by atoms with Crippen molar-refractivity contribution < 1.29 is 19.5 Å². The molecule has 0 unspecified atom stereocenters. The zero-order chi connectivity index (χ0) is 25.0. The minimum atomic E-state index is -0.784. The van der Waals surface area contributed by atoms with E-state index in [0.717, 1.165) is 11.1 Å². The molecule has 0 radical (unpaired) electrons. The molecule has 3 N–H and O–H groups in total. The van der Waals surface area contributed by atoms with E-state index in [2.05, 4.69) is 29.0 Å². The highest BCUT2D eigenvalue weighted by molar-refractivity contribution is 7.13. The Hall–Kier alpha value is -2.71. The Morgan fingerprint density at radius 3 is 2.41 bits per heavy atom. The van der Waals surface area contributed by atoms with E-state index >= 15 is 0 Å². The van der Waals surface area contributed by atoms with Crippen LogP contribution in [0.1, 0.15) is 51.7 Å². The van der Waals surface area contributed by atoms with Gasteiger partial charge in [0.1, 0.15) is 12.1 Å². The third kappa shape index (κ3) is 6.04. The molecule has 3 amide bonds. The van der Waals surface area contributed by atoms with E-state index in [9.17, 15) is 19.5 Å². The topological polar surface area (TPSA) is 98.7 Å². The van der Waals surface area contributed by atoms with Crippen molar-refractivity contribution >= 4 is 29.1 Å². The van der Waals surface area contributed by atoms with Crippen LogP contribution in [0.5, 0.6) is 0 Å². The van der Waals surface area contributed by atoms with Gasteiger partial charge in [0.05, 0.1) is 6.10 Å². The number of benzene rings is 1. The number of carbonyl (C=O) groups excluding carboxylic acids is 3. The van der Waals surface area contributed by atoms with Gasteiger partial charge < -0.3 is 20.6 Å². The van der Waals surface area contributed by atoms with Crippen LogP contribution < -0.4 is 10.6 Å². The number of aryl methyl sites for hydroxylation is 1. The molecule has 0 saturated carbocycles. The fourth-order valence-corrected chi connectivity index (χ4v) is 5.07. The first-order chi connectivity index (χ1) is 16.0. The number of likely N-dealkylation sites (tertiary alicyclic amines) is 1. The predicted octanol–water partition coefficient (Wildman–Crippen LogP) is 3.24. The zero-order valence-corrected chi connectivity index (χ0v) is 21.4. The van der Waals surface area contributed by atoms with Crippen molar-refractivity contribution in [3.05, 3.63) is 46.8 Å². The maximum atomic E-state index is 13.4. The molecule has 2 heterocycles. The zero-order valence-electron chi connectivity index (χ0n) is 20.6. The van der Waals surface area contributed by atoms with Crippen LogP contribution >= 0.6 is 11.3 Å². The largest absolute Gasteiger partial charge is 0.391 e. The van der Waals surface area contributed by atoms with Gasteiger partial charge in [-0.25, -0.2) is 0 Å². The van der Waals surface area contributed by atoms with Crippen molar-refractivity contribution in [2.45, 2.75) is 72.2 Å². The fourth-order valence-electron chi connectivity index (χ4n) is 4.13. The quantitative estimate of drug-likeness (QED) is 0.561. The Balaban J connectivity index is 1.67. The van der Waals surface area contributed by atoms with E-state index in [-0.39, 0.29) is 37.1 Å². The summed E-state index contributed by atoms with van der Waals surface area (Å²) in [5.74, 6) is -0.880. The molecule has 1 saturated heterocycles. The summed E-state index contributed by atoms with van der Waals surface area (Å²) in [5.41, 5.74) is 2.78. The minimum absolute atomic E-state index is 0.0698. The first kappa shape index (κ1) is 25.9. The molecular weight excluding hydrogens is 450 g/mol. The monoisotopic (exact) mass is 485 g/mol.